The molecule has 3 rings (SSSR count). The molecule has 0 fully saturated rings. The average molecular weight is 368 g/mol. The van der Waals surface area contributed by atoms with E-state index in [1.165, 1.54) is 25.1 Å². The normalized spacial score (nSPS) is 11.8. The van der Waals surface area contributed by atoms with E-state index in [2.05, 4.69) is 9.97 Å². The van der Waals surface area contributed by atoms with Crippen molar-refractivity contribution >= 4 is 27.5 Å². The summed E-state index contributed by atoms with van der Waals surface area (Å²) in [7, 11) is 0. The van der Waals surface area contributed by atoms with Gasteiger partial charge in [-0.25, -0.2) is 9.78 Å². The minimum Gasteiger partial charge on any atom is -0.477 e. The van der Waals surface area contributed by atoms with Gasteiger partial charge in [-0.2, -0.15) is 13.2 Å². The Morgan fingerprint density at radius 2 is 2.00 bits per heavy atom. The molecule has 3 aromatic rings. The van der Waals surface area contributed by atoms with Crippen molar-refractivity contribution in [3.8, 4) is 0 Å². The quantitative estimate of drug-likeness (QED) is 0.740. The van der Waals surface area contributed by atoms with Crippen LogP contribution < -0.4 is 5.56 Å². The number of rotatable bonds is 3. The molecule has 0 spiro atoms. The number of aromatic nitrogens is 2. The Hall–Kier alpha value is -2.68. The molecule has 2 heterocycles. The first-order chi connectivity index (χ1) is 11.7. The Balaban J connectivity index is 2.10. The lowest BCUT2D eigenvalue weighted by atomic mass is 10.0. The first kappa shape index (κ1) is 17.2. The number of alkyl halides is 3. The van der Waals surface area contributed by atoms with Crippen LogP contribution in [0.25, 0.3) is 10.2 Å². The van der Waals surface area contributed by atoms with Crippen LogP contribution in [0.1, 0.15) is 32.2 Å². The molecule has 5 nitrogen and oxygen atoms in total. The fourth-order valence-electron chi connectivity index (χ4n) is 2.61. The third-order valence-corrected chi connectivity index (χ3v) is 4.90. The lowest BCUT2D eigenvalue weighted by Gasteiger charge is -2.12. The highest BCUT2D eigenvalue weighted by Crippen LogP contribution is 2.33. The summed E-state index contributed by atoms with van der Waals surface area (Å²) in [6.07, 6.45) is -4.74. The maximum absolute atomic E-state index is 13.1. The first-order valence-corrected chi connectivity index (χ1v) is 7.91. The molecule has 0 aliphatic heterocycles. The van der Waals surface area contributed by atoms with Gasteiger partial charge in [-0.15, -0.1) is 11.3 Å². The maximum Gasteiger partial charge on any atom is 0.416 e. The summed E-state index contributed by atoms with van der Waals surface area (Å²) in [6, 6.07) is 5.03. The van der Waals surface area contributed by atoms with Crippen LogP contribution >= 0.6 is 11.3 Å². The highest BCUT2D eigenvalue weighted by Gasteiger charge is 2.33. The molecule has 0 unspecified atom stereocenters. The monoisotopic (exact) mass is 368 g/mol. The molecule has 2 N–H and O–H groups in total. The summed E-state index contributed by atoms with van der Waals surface area (Å²) in [5.74, 6) is -1.13. The van der Waals surface area contributed by atoms with Crippen LogP contribution in [0, 0.1) is 6.92 Å². The molecule has 1 aromatic carbocycles. The number of hydrogen-bond donors (Lipinski definition) is 2. The Labute approximate surface area is 142 Å². The molecule has 0 bridgehead atoms. The molecule has 9 heteroatoms. The number of halogens is 3. The highest BCUT2D eigenvalue weighted by molar-refractivity contribution is 7.20. The van der Waals surface area contributed by atoms with Crippen LogP contribution in [0.3, 0.4) is 0 Å². The lowest BCUT2D eigenvalue weighted by Crippen LogP contribution is -2.14. The number of hydrogen-bond acceptors (Lipinski definition) is 4. The molecule has 0 saturated carbocycles. The molecule has 0 radical (unpaired) electrons. The smallest absolute Gasteiger partial charge is 0.416 e. The van der Waals surface area contributed by atoms with Gasteiger partial charge in [0.2, 0.25) is 0 Å². The summed E-state index contributed by atoms with van der Waals surface area (Å²) >= 11 is 0.828. The van der Waals surface area contributed by atoms with Crippen molar-refractivity contribution in [2.45, 2.75) is 19.5 Å². The van der Waals surface area contributed by atoms with Crippen molar-refractivity contribution in [3.63, 3.8) is 0 Å². The van der Waals surface area contributed by atoms with E-state index >= 15 is 0 Å². The average Bonchev–Trinajstić information content (AvgIpc) is 2.84. The van der Waals surface area contributed by atoms with Crippen LogP contribution in [-0.4, -0.2) is 21.0 Å². The number of H-pyrrole nitrogens is 1. The Morgan fingerprint density at radius 3 is 2.64 bits per heavy atom. The van der Waals surface area contributed by atoms with E-state index in [9.17, 15) is 22.8 Å². The topological polar surface area (TPSA) is 83.0 Å². The van der Waals surface area contributed by atoms with Crippen molar-refractivity contribution < 1.29 is 23.1 Å². The number of carboxylic acid groups (broad SMARTS) is 1. The molecule has 0 amide bonds. The van der Waals surface area contributed by atoms with Crippen LogP contribution in [0.15, 0.2) is 29.1 Å². The fourth-order valence-corrected chi connectivity index (χ4v) is 3.65. The van der Waals surface area contributed by atoms with E-state index < -0.39 is 23.3 Å². The second-order valence-corrected chi connectivity index (χ2v) is 6.38. The van der Waals surface area contributed by atoms with Gasteiger partial charge in [0.05, 0.1) is 10.9 Å². The highest BCUT2D eigenvalue weighted by atomic mass is 32.1. The summed E-state index contributed by atoms with van der Waals surface area (Å²) in [6.45, 7) is 1.50. The summed E-state index contributed by atoms with van der Waals surface area (Å²) in [5.41, 5.74) is -1.09. The lowest BCUT2D eigenvalue weighted by molar-refractivity contribution is -0.138. The van der Waals surface area contributed by atoms with Gasteiger partial charge in [0.15, 0.2) is 0 Å². The van der Waals surface area contributed by atoms with Crippen molar-refractivity contribution in [1.82, 2.24) is 9.97 Å². The zero-order valence-electron chi connectivity index (χ0n) is 12.8. The van der Waals surface area contributed by atoms with Gasteiger partial charge in [-0.3, -0.25) is 4.79 Å². The number of fused-ring (bicyclic) bond motifs is 1. The van der Waals surface area contributed by atoms with E-state index in [4.69, 9.17) is 5.11 Å². The molecule has 0 aliphatic carbocycles. The van der Waals surface area contributed by atoms with Crippen molar-refractivity contribution in [3.05, 3.63) is 62.0 Å². The minimum atomic E-state index is -4.52. The molecule has 130 valence electrons. The number of nitrogens with one attached hydrogen (secondary N) is 1. The number of aryl methyl sites for hydroxylation is 1. The largest absolute Gasteiger partial charge is 0.477 e. The van der Waals surface area contributed by atoms with Crippen LogP contribution in [-0.2, 0) is 12.6 Å². The molecule has 0 atom stereocenters. The third-order valence-electron chi connectivity index (χ3n) is 3.72. The number of nitrogens with zero attached hydrogens (tertiary/aromatic N) is 1. The summed E-state index contributed by atoms with van der Waals surface area (Å²) in [5, 5.41) is 9.28. The predicted molar refractivity (Wildman–Crippen MR) is 86.2 cm³/mol. The van der Waals surface area contributed by atoms with Gasteiger partial charge < -0.3 is 10.1 Å². The minimum absolute atomic E-state index is 0.0131. The number of carbonyl (C=O) groups is 1. The molecule has 0 saturated heterocycles. The van der Waals surface area contributed by atoms with Crippen LogP contribution in [0.2, 0.25) is 0 Å². The molecule has 2 aromatic heterocycles. The van der Waals surface area contributed by atoms with E-state index in [1.54, 1.807) is 0 Å². The van der Waals surface area contributed by atoms with E-state index in [0.29, 0.717) is 5.56 Å². The molecular formula is C16H11F3N2O3S. The van der Waals surface area contributed by atoms with Crippen molar-refractivity contribution in [2.24, 2.45) is 0 Å². The first-order valence-electron chi connectivity index (χ1n) is 7.09. The SMILES string of the molecule is Cc1c(C(=O)O)sc2nc(Cc3ccccc3C(F)(F)F)[nH]c(=O)c12. The van der Waals surface area contributed by atoms with Gasteiger partial charge >= 0.3 is 12.1 Å². The van der Waals surface area contributed by atoms with Gasteiger partial charge in [0.1, 0.15) is 15.5 Å². The van der Waals surface area contributed by atoms with Crippen molar-refractivity contribution in [2.75, 3.05) is 0 Å². The van der Waals surface area contributed by atoms with Crippen molar-refractivity contribution in [1.29, 1.82) is 0 Å². The van der Waals surface area contributed by atoms with E-state index in [0.717, 1.165) is 17.4 Å². The zero-order chi connectivity index (χ0) is 18.4. The zero-order valence-corrected chi connectivity index (χ0v) is 13.6. The van der Waals surface area contributed by atoms with Gasteiger partial charge in [-0.1, -0.05) is 18.2 Å². The van der Waals surface area contributed by atoms with Gasteiger partial charge in [0.25, 0.3) is 5.56 Å². The standard InChI is InChI=1S/C16H11F3N2O3S/c1-7-11-13(22)20-10(21-14(11)25-12(7)15(23)24)6-8-4-2-3-5-9(8)16(17,18)19/h2-5H,6H2,1H3,(H,23,24)(H,20,21,22). The Kier molecular flexibility index (Phi) is 4.11. The Morgan fingerprint density at radius 1 is 1.32 bits per heavy atom. The summed E-state index contributed by atoms with van der Waals surface area (Å²) < 4.78 is 39.2. The third kappa shape index (κ3) is 3.14. The van der Waals surface area contributed by atoms with Gasteiger partial charge in [-0.05, 0) is 24.1 Å². The number of aromatic carboxylic acids is 1. The number of carboxylic acids is 1. The molecule has 0 aliphatic rings. The molecular weight excluding hydrogens is 357 g/mol. The number of thiophene rings is 1. The van der Waals surface area contributed by atoms with Crippen LogP contribution in [0.5, 0.6) is 0 Å². The van der Waals surface area contributed by atoms with Crippen LogP contribution in [0.4, 0.5) is 13.2 Å². The van der Waals surface area contributed by atoms with Gasteiger partial charge in [0, 0.05) is 6.42 Å². The van der Waals surface area contributed by atoms with E-state index in [1.807, 2.05) is 0 Å². The molecule has 25 heavy (non-hydrogen) atoms. The predicted octanol–water partition coefficient (Wildman–Crippen LogP) is 3.60. The Bertz CT molecular complexity index is 1040. The number of benzene rings is 1. The fraction of sp³-hybridized carbons (Fsp3) is 0.188. The number of aromatic amines is 1. The second-order valence-electron chi connectivity index (χ2n) is 5.39. The summed E-state index contributed by atoms with van der Waals surface area (Å²) in [4.78, 5) is 30.2. The second kappa shape index (κ2) is 5.99. The maximum atomic E-state index is 13.1. The van der Waals surface area contributed by atoms with E-state index in [-0.39, 0.29) is 32.9 Å².